The van der Waals surface area contributed by atoms with Gasteiger partial charge in [-0.25, -0.2) is 4.39 Å². The Morgan fingerprint density at radius 1 is 1.18 bits per heavy atom. The van der Waals surface area contributed by atoms with Gasteiger partial charge in [-0.15, -0.1) is 24.0 Å². The van der Waals surface area contributed by atoms with E-state index >= 15 is 0 Å². The van der Waals surface area contributed by atoms with E-state index in [1.807, 2.05) is 32.9 Å². The second-order valence-electron chi connectivity index (χ2n) is 7.45. The molecule has 0 atom stereocenters. The van der Waals surface area contributed by atoms with Crippen molar-refractivity contribution >= 4 is 29.9 Å². The molecule has 1 aromatic rings. The summed E-state index contributed by atoms with van der Waals surface area (Å²) in [6, 6.07) is 7.15. The number of nitrogens with one attached hydrogen (secondary N) is 2. The SMILES string of the molecule is CCNC(=NCC(O)(CC)CC)NC1CCN(Cc2ccc(F)cc2)CC1.I. The van der Waals surface area contributed by atoms with Gasteiger partial charge in [0.1, 0.15) is 5.82 Å². The van der Waals surface area contributed by atoms with Crippen LogP contribution in [0.15, 0.2) is 29.3 Å². The molecule has 3 N–H and O–H groups in total. The van der Waals surface area contributed by atoms with Crippen LogP contribution < -0.4 is 10.6 Å². The van der Waals surface area contributed by atoms with E-state index in [9.17, 15) is 9.50 Å². The molecule has 2 rings (SSSR count). The molecule has 0 amide bonds. The van der Waals surface area contributed by atoms with Crippen molar-refractivity contribution in [3.8, 4) is 0 Å². The lowest BCUT2D eigenvalue weighted by Gasteiger charge is -2.33. The highest BCUT2D eigenvalue weighted by molar-refractivity contribution is 14.0. The molecule has 0 bridgehead atoms. The van der Waals surface area contributed by atoms with Crippen LogP contribution in [-0.2, 0) is 6.54 Å². The van der Waals surface area contributed by atoms with E-state index in [0.29, 0.717) is 25.4 Å². The summed E-state index contributed by atoms with van der Waals surface area (Å²) in [5, 5.41) is 17.3. The molecule has 0 aromatic heterocycles. The summed E-state index contributed by atoms with van der Waals surface area (Å²) < 4.78 is 13.0. The first-order valence-electron chi connectivity index (χ1n) is 10.2. The highest BCUT2D eigenvalue weighted by atomic mass is 127. The monoisotopic (exact) mass is 506 g/mol. The molecule has 1 fully saturated rings. The van der Waals surface area contributed by atoms with Crippen molar-refractivity contribution in [2.45, 2.75) is 64.6 Å². The van der Waals surface area contributed by atoms with Crippen molar-refractivity contribution in [1.29, 1.82) is 0 Å². The van der Waals surface area contributed by atoms with Crippen molar-refractivity contribution in [2.24, 2.45) is 4.99 Å². The minimum Gasteiger partial charge on any atom is -0.388 e. The molecule has 1 saturated heterocycles. The second-order valence-corrected chi connectivity index (χ2v) is 7.45. The van der Waals surface area contributed by atoms with Crippen LogP contribution in [0.4, 0.5) is 4.39 Å². The van der Waals surface area contributed by atoms with E-state index in [0.717, 1.165) is 50.5 Å². The molecule has 5 nitrogen and oxygen atoms in total. The molecule has 0 radical (unpaired) electrons. The molecule has 0 aliphatic carbocycles. The van der Waals surface area contributed by atoms with E-state index in [-0.39, 0.29) is 29.8 Å². The molecule has 0 unspecified atom stereocenters. The average molecular weight is 506 g/mol. The fourth-order valence-electron chi connectivity index (χ4n) is 3.30. The van der Waals surface area contributed by atoms with E-state index in [2.05, 4.69) is 20.5 Å². The first kappa shape index (κ1) is 25.1. The molecule has 0 spiro atoms. The Hall–Kier alpha value is -0.930. The Morgan fingerprint density at radius 2 is 1.79 bits per heavy atom. The van der Waals surface area contributed by atoms with Crippen LogP contribution in [0.1, 0.15) is 52.0 Å². The van der Waals surface area contributed by atoms with Gasteiger partial charge in [-0.1, -0.05) is 26.0 Å². The highest BCUT2D eigenvalue weighted by Crippen LogP contribution is 2.16. The van der Waals surface area contributed by atoms with Crippen molar-refractivity contribution in [3.05, 3.63) is 35.6 Å². The third-order valence-corrected chi connectivity index (χ3v) is 5.44. The molecule has 160 valence electrons. The quantitative estimate of drug-likeness (QED) is 0.287. The van der Waals surface area contributed by atoms with Gasteiger partial charge in [-0.3, -0.25) is 9.89 Å². The van der Waals surface area contributed by atoms with Gasteiger partial charge in [0.25, 0.3) is 0 Å². The van der Waals surface area contributed by atoms with Crippen LogP contribution in [0.3, 0.4) is 0 Å². The van der Waals surface area contributed by atoms with Crippen LogP contribution in [0.25, 0.3) is 0 Å². The number of nitrogens with zero attached hydrogens (tertiary/aromatic N) is 2. The zero-order valence-corrected chi connectivity index (χ0v) is 19.7. The number of hydrogen-bond donors (Lipinski definition) is 3. The number of rotatable bonds is 8. The summed E-state index contributed by atoms with van der Waals surface area (Å²) in [7, 11) is 0. The van der Waals surface area contributed by atoms with Gasteiger partial charge in [0.15, 0.2) is 5.96 Å². The van der Waals surface area contributed by atoms with E-state index in [1.165, 1.54) is 12.1 Å². The fraction of sp³-hybridized carbons (Fsp3) is 0.667. The number of piperidine rings is 1. The predicted molar refractivity (Wildman–Crippen MR) is 125 cm³/mol. The summed E-state index contributed by atoms with van der Waals surface area (Å²) in [4.78, 5) is 7.02. The largest absolute Gasteiger partial charge is 0.388 e. The highest BCUT2D eigenvalue weighted by Gasteiger charge is 2.23. The molecule has 7 heteroatoms. The molecule has 1 aliphatic heterocycles. The van der Waals surface area contributed by atoms with Gasteiger partial charge in [0, 0.05) is 32.2 Å². The van der Waals surface area contributed by atoms with Gasteiger partial charge in [-0.05, 0) is 50.3 Å². The van der Waals surface area contributed by atoms with Gasteiger partial charge in [0.2, 0.25) is 0 Å². The molecule has 1 aromatic carbocycles. The van der Waals surface area contributed by atoms with Crippen LogP contribution in [0, 0.1) is 5.82 Å². The average Bonchev–Trinajstić information content (AvgIpc) is 2.69. The summed E-state index contributed by atoms with van der Waals surface area (Å²) in [6.07, 6.45) is 3.48. The lowest BCUT2D eigenvalue weighted by molar-refractivity contribution is 0.0417. The maximum Gasteiger partial charge on any atom is 0.191 e. The molecule has 28 heavy (non-hydrogen) atoms. The van der Waals surface area contributed by atoms with Crippen LogP contribution in [0.2, 0.25) is 0 Å². The first-order valence-corrected chi connectivity index (χ1v) is 10.2. The second kappa shape index (κ2) is 12.6. The van der Waals surface area contributed by atoms with Gasteiger partial charge in [-0.2, -0.15) is 0 Å². The third kappa shape index (κ3) is 8.21. The van der Waals surface area contributed by atoms with Gasteiger partial charge < -0.3 is 15.7 Å². The molecular formula is C21H36FIN4O. The molecule has 1 aliphatic rings. The first-order chi connectivity index (χ1) is 13.0. The minimum absolute atomic E-state index is 0. The van der Waals surface area contributed by atoms with Gasteiger partial charge >= 0.3 is 0 Å². The number of guanidine groups is 1. The molecule has 0 saturated carbocycles. The summed E-state index contributed by atoms with van der Waals surface area (Å²) in [5.41, 5.74) is 0.428. The number of halogens is 2. The number of likely N-dealkylation sites (tertiary alicyclic amines) is 1. The van der Waals surface area contributed by atoms with Crippen molar-refractivity contribution < 1.29 is 9.50 Å². The Kier molecular flexibility index (Phi) is 11.3. The predicted octanol–water partition coefficient (Wildman–Crippen LogP) is 3.51. The van der Waals surface area contributed by atoms with Crippen LogP contribution in [0.5, 0.6) is 0 Å². The smallest absolute Gasteiger partial charge is 0.191 e. The molecule has 1 heterocycles. The summed E-state index contributed by atoms with van der Waals surface area (Å²) >= 11 is 0. The standard InChI is InChI=1S/C21H35FN4O.HI/c1-4-21(27,5-2)16-24-20(23-6-3)25-19-11-13-26(14-12-19)15-17-7-9-18(22)10-8-17;/h7-10,19,27H,4-6,11-16H2,1-3H3,(H2,23,24,25);1H. The Balaban J connectivity index is 0.00000392. The number of benzene rings is 1. The molecular weight excluding hydrogens is 470 g/mol. The number of hydrogen-bond acceptors (Lipinski definition) is 3. The summed E-state index contributed by atoms with van der Waals surface area (Å²) in [6.45, 7) is 10.1. The van der Waals surface area contributed by atoms with E-state index < -0.39 is 5.60 Å². The van der Waals surface area contributed by atoms with E-state index in [4.69, 9.17) is 0 Å². The fourth-order valence-corrected chi connectivity index (χ4v) is 3.30. The topological polar surface area (TPSA) is 59.9 Å². The van der Waals surface area contributed by atoms with Crippen molar-refractivity contribution in [2.75, 3.05) is 26.2 Å². The number of aliphatic hydroxyl groups is 1. The summed E-state index contributed by atoms with van der Waals surface area (Å²) in [5.74, 6) is 0.602. The number of aliphatic imine (C=N–C) groups is 1. The van der Waals surface area contributed by atoms with Crippen molar-refractivity contribution in [1.82, 2.24) is 15.5 Å². The normalized spacial score (nSPS) is 16.5. The Morgan fingerprint density at radius 3 is 2.32 bits per heavy atom. The van der Waals surface area contributed by atoms with Crippen LogP contribution in [-0.4, -0.2) is 53.8 Å². The Bertz CT molecular complexity index is 585. The lowest BCUT2D eigenvalue weighted by Crippen LogP contribution is -2.49. The van der Waals surface area contributed by atoms with E-state index in [1.54, 1.807) is 0 Å². The zero-order chi connectivity index (χ0) is 19.7. The zero-order valence-electron chi connectivity index (χ0n) is 17.4. The van der Waals surface area contributed by atoms with Crippen molar-refractivity contribution in [3.63, 3.8) is 0 Å². The lowest BCUT2D eigenvalue weighted by atomic mass is 9.98. The third-order valence-electron chi connectivity index (χ3n) is 5.44. The van der Waals surface area contributed by atoms with Crippen LogP contribution >= 0.6 is 24.0 Å². The Labute approximate surface area is 186 Å². The van der Waals surface area contributed by atoms with Gasteiger partial charge in [0.05, 0.1) is 12.1 Å². The minimum atomic E-state index is -0.721. The maximum atomic E-state index is 13.0. The maximum absolute atomic E-state index is 13.0.